The van der Waals surface area contributed by atoms with Crippen molar-refractivity contribution in [1.82, 2.24) is 10.2 Å². The van der Waals surface area contributed by atoms with Crippen molar-refractivity contribution in [2.75, 3.05) is 6.61 Å². The van der Waals surface area contributed by atoms with Crippen LogP contribution in [0.1, 0.15) is 20.3 Å². The van der Waals surface area contributed by atoms with Crippen LogP contribution in [0.15, 0.2) is 24.7 Å². The molecule has 1 saturated heterocycles. The van der Waals surface area contributed by atoms with Crippen LogP contribution in [0, 0.1) is 5.92 Å². The molecule has 6 unspecified atom stereocenters. The maximum atomic E-state index is 12.1. The minimum absolute atomic E-state index is 0.278. The lowest BCUT2D eigenvalue weighted by Crippen LogP contribution is -2.45. The number of amides is 1. The van der Waals surface area contributed by atoms with Crippen molar-refractivity contribution in [2.24, 2.45) is 5.92 Å². The minimum Gasteiger partial charge on any atom is -0.344 e. The Morgan fingerprint density at radius 1 is 1.16 bits per heavy atom. The van der Waals surface area contributed by atoms with Crippen LogP contribution in [-0.2, 0) is 41.1 Å². The van der Waals surface area contributed by atoms with Gasteiger partial charge in [0.25, 0.3) is 5.91 Å². The van der Waals surface area contributed by atoms with E-state index in [-0.39, 0.29) is 12.3 Å². The average Bonchev–Trinajstić information content (AvgIpc) is 3.03. The lowest BCUT2D eigenvalue weighted by molar-refractivity contribution is -0.162. The zero-order valence-electron chi connectivity index (χ0n) is 16.8. The van der Waals surface area contributed by atoms with Crippen molar-refractivity contribution < 1.29 is 60.7 Å². The molecule has 2 heterocycles. The fourth-order valence-electron chi connectivity index (χ4n) is 3.78. The maximum Gasteiger partial charge on any atom is 0.490 e. The number of ether oxygens (including phenoxy) is 2. The Morgan fingerprint density at radius 2 is 1.78 bits per heavy atom. The Labute approximate surface area is 182 Å². The second kappa shape index (κ2) is 8.70. The van der Waals surface area contributed by atoms with Crippen LogP contribution in [0.4, 0.5) is 0 Å². The fraction of sp³-hybridized carbons (Fsp3) is 0.643. The summed E-state index contributed by atoms with van der Waals surface area (Å²) in [4.78, 5) is 49.3. The molecule has 182 valence electrons. The standard InChI is InChI=1S/C14H23N2O13P3/c1-8-15-11(17)4-5-16(8)10-6-9(12-13(10)27-14(2,3)26-12)7-25-31(21,22)29-32(23,24)28-30(18,19)20/h4-5,9-10,12-13H,1,6-7H2,2-3H3,(H,15,17)(H,21,22)(H,23,24)(H2,18,19,20). The lowest BCUT2D eigenvalue weighted by atomic mass is 10.1. The highest BCUT2D eigenvalue weighted by atomic mass is 31.3. The molecular formula is C14H23N2O13P3. The van der Waals surface area contributed by atoms with Crippen molar-refractivity contribution in [3.05, 3.63) is 24.7 Å². The third-order valence-corrected chi connectivity index (χ3v) is 8.54. The zero-order valence-corrected chi connectivity index (χ0v) is 19.5. The highest BCUT2D eigenvalue weighted by molar-refractivity contribution is 7.66. The van der Waals surface area contributed by atoms with Crippen LogP contribution in [0.25, 0.3) is 0 Å². The number of phosphoric ester groups is 1. The van der Waals surface area contributed by atoms with Gasteiger partial charge in [-0.25, -0.2) is 13.7 Å². The van der Waals surface area contributed by atoms with Gasteiger partial charge in [-0.3, -0.25) is 9.32 Å². The largest absolute Gasteiger partial charge is 0.490 e. The van der Waals surface area contributed by atoms with Crippen LogP contribution in [-0.4, -0.2) is 61.0 Å². The van der Waals surface area contributed by atoms with E-state index < -0.39 is 60.0 Å². The van der Waals surface area contributed by atoms with E-state index >= 15 is 0 Å². The Bertz CT molecular complexity index is 962. The van der Waals surface area contributed by atoms with E-state index in [9.17, 15) is 28.3 Å². The number of rotatable bonds is 8. The van der Waals surface area contributed by atoms with Gasteiger partial charge in [-0.05, 0) is 20.3 Å². The van der Waals surface area contributed by atoms with Crippen LogP contribution in [0.3, 0.4) is 0 Å². The van der Waals surface area contributed by atoms with E-state index in [0.717, 1.165) is 0 Å². The van der Waals surface area contributed by atoms with Crippen LogP contribution in [0.2, 0.25) is 0 Å². The summed E-state index contributed by atoms with van der Waals surface area (Å²) in [5, 5.41) is 2.56. The second-order valence-corrected chi connectivity index (χ2v) is 12.1. The first-order valence-electron chi connectivity index (χ1n) is 9.07. The molecule has 0 bridgehead atoms. The number of nitrogens with one attached hydrogen (secondary N) is 1. The molecular weight excluding hydrogens is 497 g/mol. The topological polar surface area (TPSA) is 211 Å². The van der Waals surface area contributed by atoms with Gasteiger partial charge in [0, 0.05) is 18.2 Å². The smallest absolute Gasteiger partial charge is 0.344 e. The molecule has 0 aromatic carbocycles. The van der Waals surface area contributed by atoms with Gasteiger partial charge in [0.1, 0.15) is 11.9 Å². The summed E-state index contributed by atoms with van der Waals surface area (Å²) < 4.78 is 58.3. The number of hydrogen-bond acceptors (Lipinski definition) is 10. The molecule has 1 amide bonds. The van der Waals surface area contributed by atoms with E-state index in [2.05, 4.69) is 20.5 Å². The van der Waals surface area contributed by atoms with Gasteiger partial charge in [-0.2, -0.15) is 8.62 Å². The molecule has 5 N–H and O–H groups in total. The number of fused-ring (bicyclic) bond motifs is 1. The molecule has 3 aliphatic rings. The number of nitrogens with zero attached hydrogens (tertiary/aromatic N) is 1. The molecule has 0 spiro atoms. The van der Waals surface area contributed by atoms with Gasteiger partial charge in [0.2, 0.25) is 0 Å². The van der Waals surface area contributed by atoms with Gasteiger partial charge < -0.3 is 39.3 Å². The fourth-order valence-corrected chi connectivity index (χ4v) is 6.86. The summed E-state index contributed by atoms with van der Waals surface area (Å²) in [7, 11) is -16.4. The molecule has 2 aliphatic heterocycles. The molecule has 32 heavy (non-hydrogen) atoms. The molecule has 0 radical (unpaired) electrons. The first-order chi connectivity index (χ1) is 14.5. The lowest BCUT2D eigenvalue weighted by Gasteiger charge is -2.34. The van der Waals surface area contributed by atoms with Gasteiger partial charge in [-0.1, -0.05) is 6.58 Å². The number of hydrogen-bond donors (Lipinski definition) is 5. The predicted octanol–water partition coefficient (Wildman–Crippen LogP) is 0.655. The summed E-state index contributed by atoms with van der Waals surface area (Å²) >= 11 is 0. The van der Waals surface area contributed by atoms with Crippen molar-refractivity contribution in [3.8, 4) is 0 Å². The normalized spacial score (nSPS) is 33.5. The Morgan fingerprint density at radius 3 is 2.38 bits per heavy atom. The van der Waals surface area contributed by atoms with Gasteiger partial charge >= 0.3 is 23.5 Å². The first-order valence-corrected chi connectivity index (χ1v) is 13.6. The summed E-state index contributed by atoms with van der Waals surface area (Å²) in [6, 6.07) is -0.402. The average molecular weight is 520 g/mol. The number of carbonyl (C=O) groups excluding carboxylic acids is 1. The first kappa shape index (κ1) is 25.7. The minimum atomic E-state index is -5.61. The monoisotopic (exact) mass is 520 g/mol. The number of carbonyl (C=O) groups is 1. The molecule has 3 rings (SSSR count). The predicted molar refractivity (Wildman–Crippen MR) is 104 cm³/mol. The Kier molecular flexibility index (Phi) is 6.98. The van der Waals surface area contributed by atoms with E-state index in [4.69, 9.17) is 23.8 Å². The molecule has 1 aliphatic carbocycles. The van der Waals surface area contributed by atoms with Crippen molar-refractivity contribution in [1.29, 1.82) is 0 Å². The van der Waals surface area contributed by atoms with Gasteiger partial charge in [-0.15, -0.1) is 0 Å². The third kappa shape index (κ3) is 6.35. The van der Waals surface area contributed by atoms with Crippen molar-refractivity contribution >= 4 is 29.4 Å². The second-order valence-electron chi connectivity index (χ2n) is 7.67. The van der Waals surface area contributed by atoms with E-state index in [0.29, 0.717) is 5.82 Å². The molecule has 1 saturated carbocycles. The summed E-state index contributed by atoms with van der Waals surface area (Å²) in [5.74, 6) is -1.62. The molecule has 6 atom stereocenters. The van der Waals surface area contributed by atoms with Crippen molar-refractivity contribution in [2.45, 2.75) is 44.3 Å². The highest BCUT2D eigenvalue weighted by Crippen LogP contribution is 2.66. The van der Waals surface area contributed by atoms with Crippen molar-refractivity contribution in [3.63, 3.8) is 0 Å². The molecule has 18 heteroatoms. The zero-order chi connectivity index (χ0) is 24.1. The van der Waals surface area contributed by atoms with Gasteiger partial charge in [0.05, 0.1) is 18.8 Å². The van der Waals surface area contributed by atoms with Gasteiger partial charge in [0.15, 0.2) is 5.79 Å². The van der Waals surface area contributed by atoms with E-state index in [1.807, 2.05) is 0 Å². The SMILES string of the molecule is C=C1NC(=O)C=CN1C1CC(COP(=O)(O)OP(=O)(O)OP(=O)(O)O)C2OC(C)(C)OC21. The van der Waals surface area contributed by atoms with E-state index in [1.54, 1.807) is 18.7 Å². The summed E-state index contributed by atoms with van der Waals surface area (Å²) in [5.41, 5.74) is 0. The molecule has 2 fully saturated rings. The van der Waals surface area contributed by atoms with Crippen LogP contribution < -0.4 is 5.32 Å². The van der Waals surface area contributed by atoms with E-state index in [1.165, 1.54) is 12.3 Å². The summed E-state index contributed by atoms with van der Waals surface area (Å²) in [6.07, 6.45) is 1.92. The molecule has 15 nitrogen and oxygen atoms in total. The summed E-state index contributed by atoms with van der Waals surface area (Å²) in [6.45, 7) is 6.63. The molecule has 0 aromatic heterocycles. The number of phosphoric acid groups is 3. The van der Waals surface area contributed by atoms with Crippen LogP contribution in [0.5, 0.6) is 0 Å². The maximum absolute atomic E-state index is 12.1. The quantitative estimate of drug-likeness (QED) is 0.278. The molecule has 0 aromatic rings. The Hall–Kier alpha value is -0.920. The Balaban J connectivity index is 1.71. The van der Waals surface area contributed by atoms with Crippen LogP contribution >= 0.6 is 23.5 Å². The highest BCUT2D eigenvalue weighted by Gasteiger charge is 2.56. The third-order valence-electron chi connectivity index (χ3n) is 4.74.